The highest BCUT2D eigenvalue weighted by Gasteiger charge is 2.30. The highest BCUT2D eigenvalue weighted by molar-refractivity contribution is 7.90. The van der Waals surface area contributed by atoms with Crippen LogP contribution in [0.3, 0.4) is 0 Å². The van der Waals surface area contributed by atoms with Crippen molar-refractivity contribution in [1.29, 1.82) is 0 Å². The van der Waals surface area contributed by atoms with Crippen LogP contribution < -0.4 is 10.6 Å². The molecule has 0 fully saturated rings. The topological polar surface area (TPSA) is 160 Å². The molecular weight excluding hydrogens is 632 g/mol. The number of carbonyl (C=O) groups excluding carboxylic acids is 2. The van der Waals surface area contributed by atoms with Crippen LogP contribution in [0.2, 0.25) is 0 Å². The van der Waals surface area contributed by atoms with E-state index in [2.05, 4.69) is 20.7 Å². The molecule has 0 saturated carbocycles. The Morgan fingerprint density at radius 2 is 1.77 bits per heavy atom. The van der Waals surface area contributed by atoms with Gasteiger partial charge >= 0.3 is 5.97 Å². The smallest absolute Gasteiger partial charge is 0.335 e. The zero-order valence-electron chi connectivity index (χ0n) is 24.8. The monoisotopic (exact) mass is 659 g/mol. The molecule has 2 amide bonds. The number of amides is 2. The first kappa shape index (κ1) is 31.5. The molecule has 0 bridgehead atoms. The van der Waals surface area contributed by atoms with E-state index < -0.39 is 51.1 Å². The van der Waals surface area contributed by atoms with Crippen LogP contribution in [0.15, 0.2) is 77.8 Å². The van der Waals surface area contributed by atoms with Crippen molar-refractivity contribution >= 4 is 33.3 Å². The fourth-order valence-electron chi connectivity index (χ4n) is 5.72. The Morgan fingerprint density at radius 3 is 2.49 bits per heavy atom. The van der Waals surface area contributed by atoms with Gasteiger partial charge in [-0.15, -0.1) is 0 Å². The average Bonchev–Trinajstić information content (AvgIpc) is 3.65. The predicted molar refractivity (Wildman–Crippen MR) is 165 cm³/mol. The molecule has 1 atom stereocenters. The van der Waals surface area contributed by atoms with E-state index in [1.165, 1.54) is 36.5 Å². The molecular formula is C33H27F2N5O6S. The summed E-state index contributed by atoms with van der Waals surface area (Å²) in [5.41, 5.74) is 2.43. The largest absolute Gasteiger partial charge is 0.478 e. The van der Waals surface area contributed by atoms with Crippen LogP contribution in [0.4, 0.5) is 8.78 Å². The second-order valence-corrected chi connectivity index (χ2v) is 13.1. The van der Waals surface area contributed by atoms with Crippen LogP contribution in [-0.2, 0) is 28.6 Å². The van der Waals surface area contributed by atoms with Gasteiger partial charge in [-0.05, 0) is 72.4 Å². The lowest BCUT2D eigenvalue weighted by molar-refractivity contribution is 0.0695. The lowest BCUT2D eigenvalue weighted by Crippen LogP contribution is -2.31. The number of hydrogen-bond acceptors (Lipinski definition) is 7. The maximum Gasteiger partial charge on any atom is 0.335 e. The minimum Gasteiger partial charge on any atom is -0.478 e. The highest BCUT2D eigenvalue weighted by Crippen LogP contribution is 2.35. The second kappa shape index (κ2) is 12.4. The molecule has 11 nitrogen and oxygen atoms in total. The summed E-state index contributed by atoms with van der Waals surface area (Å²) in [7, 11) is -3.86. The number of sulfone groups is 1. The first-order valence-electron chi connectivity index (χ1n) is 14.5. The van der Waals surface area contributed by atoms with Crippen LogP contribution in [-0.4, -0.2) is 45.9 Å². The zero-order valence-corrected chi connectivity index (χ0v) is 25.6. The summed E-state index contributed by atoms with van der Waals surface area (Å²) in [6, 6.07) is 14.8. The van der Waals surface area contributed by atoms with Gasteiger partial charge in [0.25, 0.3) is 11.8 Å². The number of nitrogens with one attached hydrogen (secondary N) is 2. The van der Waals surface area contributed by atoms with Crippen LogP contribution in [0.1, 0.15) is 71.6 Å². The first-order valence-corrected chi connectivity index (χ1v) is 16.1. The van der Waals surface area contributed by atoms with Crippen LogP contribution in [0.25, 0.3) is 5.65 Å². The van der Waals surface area contributed by atoms with Crippen molar-refractivity contribution in [3.05, 3.63) is 129 Å². The number of aromatic nitrogens is 3. The molecule has 0 saturated heterocycles. The van der Waals surface area contributed by atoms with E-state index in [9.17, 15) is 36.7 Å². The third-order valence-corrected chi connectivity index (χ3v) is 9.81. The Kier molecular flexibility index (Phi) is 8.28. The van der Waals surface area contributed by atoms with Gasteiger partial charge in [-0.2, -0.15) is 5.10 Å². The summed E-state index contributed by atoms with van der Waals surface area (Å²) in [4.78, 5) is 43.1. The molecule has 3 N–H and O–H groups in total. The number of aromatic carboxylic acids is 1. The van der Waals surface area contributed by atoms with E-state index in [0.717, 1.165) is 27.8 Å². The van der Waals surface area contributed by atoms with Gasteiger partial charge in [-0.1, -0.05) is 30.3 Å². The molecule has 0 aliphatic heterocycles. The van der Waals surface area contributed by atoms with E-state index in [-0.39, 0.29) is 45.2 Å². The number of halogens is 2. The van der Waals surface area contributed by atoms with Gasteiger partial charge < -0.3 is 15.7 Å². The summed E-state index contributed by atoms with van der Waals surface area (Å²) in [6.07, 6.45) is 2.31. The fourth-order valence-corrected chi connectivity index (χ4v) is 7.07. The maximum absolute atomic E-state index is 13.8. The number of carboxylic acids is 1. The van der Waals surface area contributed by atoms with Gasteiger partial charge in [0, 0.05) is 18.2 Å². The number of nitrogens with zero attached hydrogens (tertiary/aromatic N) is 3. The zero-order chi connectivity index (χ0) is 33.5. The van der Waals surface area contributed by atoms with Crippen molar-refractivity contribution < 1.29 is 36.7 Å². The maximum atomic E-state index is 13.8. The summed E-state index contributed by atoms with van der Waals surface area (Å²) in [5.74, 6) is -5.07. The minimum atomic E-state index is -3.86. The number of carboxylic acid groups (broad SMARTS) is 1. The standard InChI is InChI=1S/C33H27F2N5O6S/c1-18-22-10-12-27(24(22)9-8-23(18)33(43)44)39-32(42)29-14-28(31(41)36-15-19-7-11-25(34)26(35)13-19)38-30-20(16-37-40(29)30)17-47(45,46)21-5-3-2-4-6-21/h2-9,11,13-14,16,27H,10,12,15,17H2,1H3,(H,36,41)(H,39,42)(H,43,44)/t27-/m0/s1. The molecule has 0 spiro atoms. The van der Waals surface area contributed by atoms with Crippen LogP contribution in [0, 0.1) is 18.6 Å². The van der Waals surface area contributed by atoms with Crippen molar-refractivity contribution in [3.63, 3.8) is 0 Å². The van der Waals surface area contributed by atoms with Gasteiger partial charge in [0.1, 0.15) is 11.4 Å². The quantitative estimate of drug-likeness (QED) is 0.211. The summed E-state index contributed by atoms with van der Waals surface area (Å²) in [5, 5.41) is 19.3. The number of rotatable bonds is 9. The van der Waals surface area contributed by atoms with Gasteiger partial charge in [0.05, 0.1) is 28.5 Å². The van der Waals surface area contributed by atoms with E-state index >= 15 is 0 Å². The summed E-state index contributed by atoms with van der Waals surface area (Å²) >= 11 is 0. The van der Waals surface area contributed by atoms with Crippen LogP contribution in [0.5, 0.6) is 0 Å². The lowest BCUT2D eigenvalue weighted by atomic mass is 9.98. The molecule has 5 aromatic rings. The number of benzene rings is 3. The van der Waals surface area contributed by atoms with E-state index in [1.54, 1.807) is 31.2 Å². The molecule has 2 heterocycles. The second-order valence-electron chi connectivity index (χ2n) is 11.1. The number of carbonyl (C=O) groups is 3. The normalized spacial score (nSPS) is 14.1. The lowest BCUT2D eigenvalue weighted by Gasteiger charge is -2.16. The van der Waals surface area contributed by atoms with Gasteiger partial charge in [0.2, 0.25) is 0 Å². The summed E-state index contributed by atoms with van der Waals surface area (Å²) < 4.78 is 54.7. The fraction of sp³-hybridized carbons (Fsp3) is 0.182. The Labute approximate surface area is 267 Å². The first-order chi connectivity index (χ1) is 22.4. The number of fused-ring (bicyclic) bond motifs is 2. The molecule has 2 aromatic heterocycles. The molecule has 3 aromatic carbocycles. The molecule has 47 heavy (non-hydrogen) atoms. The van der Waals surface area contributed by atoms with Crippen molar-refractivity contribution in [2.24, 2.45) is 0 Å². The Balaban J connectivity index is 1.35. The third-order valence-electron chi connectivity index (χ3n) is 8.12. The van der Waals surface area contributed by atoms with E-state index in [1.807, 2.05) is 0 Å². The Morgan fingerprint density at radius 1 is 1.00 bits per heavy atom. The minimum absolute atomic E-state index is 0.0381. The average molecular weight is 660 g/mol. The molecule has 14 heteroatoms. The number of hydrogen-bond donors (Lipinski definition) is 3. The van der Waals surface area contributed by atoms with Crippen LogP contribution >= 0.6 is 0 Å². The van der Waals surface area contributed by atoms with Gasteiger partial charge in [-0.25, -0.2) is 31.5 Å². The van der Waals surface area contributed by atoms with Gasteiger partial charge in [-0.3, -0.25) is 9.59 Å². The van der Waals surface area contributed by atoms with Crippen molar-refractivity contribution in [2.45, 2.75) is 43.0 Å². The van der Waals surface area contributed by atoms with Crippen molar-refractivity contribution in [1.82, 2.24) is 25.2 Å². The molecule has 0 unspecified atom stereocenters. The molecule has 0 radical (unpaired) electrons. The highest BCUT2D eigenvalue weighted by atomic mass is 32.2. The summed E-state index contributed by atoms with van der Waals surface area (Å²) in [6.45, 7) is 1.54. The molecule has 1 aliphatic carbocycles. The molecule has 1 aliphatic rings. The Hall–Kier alpha value is -5.50. The van der Waals surface area contributed by atoms with Crippen molar-refractivity contribution in [3.8, 4) is 0 Å². The van der Waals surface area contributed by atoms with Gasteiger partial charge in [0.15, 0.2) is 27.1 Å². The SMILES string of the molecule is Cc1c(C(=O)O)ccc2c1CC[C@@H]2NC(=O)c1cc(C(=O)NCc2ccc(F)c(F)c2)nc2c(CS(=O)(=O)c3ccccc3)cnn12. The van der Waals surface area contributed by atoms with E-state index in [4.69, 9.17) is 0 Å². The van der Waals surface area contributed by atoms with Crippen molar-refractivity contribution in [2.75, 3.05) is 0 Å². The molecule has 240 valence electrons. The predicted octanol–water partition coefficient (Wildman–Crippen LogP) is 4.34. The molecule has 6 rings (SSSR count). The van der Waals surface area contributed by atoms with E-state index in [0.29, 0.717) is 18.4 Å². The third kappa shape index (κ3) is 6.19. The Bertz CT molecular complexity index is 2190.